The first-order valence-electron chi connectivity index (χ1n) is 5.54. The van der Waals surface area contributed by atoms with Crippen molar-refractivity contribution >= 4 is 29.2 Å². The van der Waals surface area contributed by atoms with E-state index in [1.807, 2.05) is 0 Å². The lowest BCUT2D eigenvalue weighted by Gasteiger charge is -2.38. The van der Waals surface area contributed by atoms with E-state index in [0.717, 1.165) is 0 Å². The second kappa shape index (κ2) is 5.08. The van der Waals surface area contributed by atoms with Crippen molar-refractivity contribution in [1.82, 2.24) is 0 Å². The summed E-state index contributed by atoms with van der Waals surface area (Å²) in [5, 5.41) is 10.3. The first kappa shape index (κ1) is 15.3. The summed E-state index contributed by atoms with van der Waals surface area (Å²) < 4.78 is 0. The number of carboxylic acids is 1. The second-order valence-corrected chi connectivity index (χ2v) is 6.28. The molecule has 0 saturated carbocycles. The van der Waals surface area contributed by atoms with Crippen molar-refractivity contribution in [2.75, 3.05) is 0 Å². The number of halogens is 2. The number of carbonyl (C=O) groups is 1. The van der Waals surface area contributed by atoms with E-state index < -0.39 is 16.9 Å². The number of rotatable bonds is 3. The predicted octanol–water partition coefficient (Wildman–Crippen LogP) is 3.36. The normalized spacial score (nSPS) is 15.2. The zero-order valence-corrected chi connectivity index (χ0v) is 12.1. The SMILES string of the molecule is CC(C)(C)[C@@](N)(Cc1ccc(Cl)cc1Cl)C(=O)O. The van der Waals surface area contributed by atoms with Crippen molar-refractivity contribution in [2.24, 2.45) is 11.1 Å². The Labute approximate surface area is 117 Å². The van der Waals surface area contributed by atoms with Crippen LogP contribution in [0, 0.1) is 5.41 Å². The quantitative estimate of drug-likeness (QED) is 0.897. The fraction of sp³-hybridized carbons (Fsp3) is 0.462. The molecule has 0 heterocycles. The number of benzene rings is 1. The van der Waals surface area contributed by atoms with Gasteiger partial charge in [-0.25, -0.2) is 0 Å². The lowest BCUT2D eigenvalue weighted by atomic mass is 9.71. The average Bonchev–Trinajstić information content (AvgIpc) is 2.20. The first-order chi connectivity index (χ1) is 8.08. The van der Waals surface area contributed by atoms with Crippen molar-refractivity contribution in [3.8, 4) is 0 Å². The predicted molar refractivity (Wildman–Crippen MR) is 74.2 cm³/mol. The molecule has 18 heavy (non-hydrogen) atoms. The Balaban J connectivity index is 3.17. The fourth-order valence-corrected chi connectivity index (χ4v) is 2.10. The van der Waals surface area contributed by atoms with Crippen LogP contribution in [0.25, 0.3) is 0 Å². The van der Waals surface area contributed by atoms with Crippen LogP contribution in [0.15, 0.2) is 18.2 Å². The molecule has 0 spiro atoms. The first-order valence-corrected chi connectivity index (χ1v) is 6.30. The average molecular weight is 290 g/mol. The molecular formula is C13H17Cl2NO2. The van der Waals surface area contributed by atoms with Gasteiger partial charge in [0.05, 0.1) is 0 Å². The maximum Gasteiger partial charge on any atom is 0.324 e. The second-order valence-electron chi connectivity index (χ2n) is 5.44. The summed E-state index contributed by atoms with van der Waals surface area (Å²) >= 11 is 11.9. The molecule has 0 aliphatic rings. The van der Waals surface area contributed by atoms with Crippen molar-refractivity contribution in [3.05, 3.63) is 33.8 Å². The number of nitrogens with two attached hydrogens (primary N) is 1. The van der Waals surface area contributed by atoms with Gasteiger partial charge in [0.2, 0.25) is 0 Å². The van der Waals surface area contributed by atoms with Gasteiger partial charge in [0.25, 0.3) is 0 Å². The molecule has 1 aromatic rings. The van der Waals surface area contributed by atoms with Crippen LogP contribution < -0.4 is 5.73 Å². The molecule has 1 aromatic carbocycles. The van der Waals surface area contributed by atoms with Gasteiger partial charge in [-0.05, 0) is 23.1 Å². The van der Waals surface area contributed by atoms with Crippen LogP contribution in [-0.2, 0) is 11.2 Å². The summed E-state index contributed by atoms with van der Waals surface area (Å²) in [6.45, 7) is 5.39. The molecule has 0 aliphatic heterocycles. The van der Waals surface area contributed by atoms with Crippen molar-refractivity contribution in [2.45, 2.75) is 32.7 Å². The van der Waals surface area contributed by atoms with Gasteiger partial charge in [-0.15, -0.1) is 0 Å². The van der Waals surface area contributed by atoms with E-state index in [4.69, 9.17) is 28.9 Å². The van der Waals surface area contributed by atoms with Gasteiger partial charge < -0.3 is 10.8 Å². The van der Waals surface area contributed by atoms with Crippen LogP contribution in [0.5, 0.6) is 0 Å². The van der Waals surface area contributed by atoms with Gasteiger partial charge in [-0.1, -0.05) is 50.0 Å². The van der Waals surface area contributed by atoms with E-state index in [9.17, 15) is 9.90 Å². The lowest BCUT2D eigenvalue weighted by molar-refractivity contribution is -0.147. The van der Waals surface area contributed by atoms with Crippen LogP contribution in [0.3, 0.4) is 0 Å². The summed E-state index contributed by atoms with van der Waals surface area (Å²) in [4.78, 5) is 11.5. The number of hydrogen-bond donors (Lipinski definition) is 2. The molecular weight excluding hydrogens is 273 g/mol. The number of aliphatic carboxylic acids is 1. The summed E-state index contributed by atoms with van der Waals surface area (Å²) in [6.07, 6.45) is 0.155. The Hall–Kier alpha value is -0.770. The standard InChI is InChI=1S/C13H17Cl2NO2/c1-12(2,3)13(16,11(17)18)7-8-4-5-9(14)6-10(8)15/h4-6H,7,16H2,1-3H3,(H,17,18)/t13-/m1/s1. The summed E-state index contributed by atoms with van der Waals surface area (Å²) in [5.74, 6) is -1.04. The molecule has 1 rings (SSSR count). The molecule has 0 radical (unpaired) electrons. The van der Waals surface area contributed by atoms with E-state index >= 15 is 0 Å². The van der Waals surface area contributed by atoms with Gasteiger partial charge in [0, 0.05) is 16.5 Å². The minimum Gasteiger partial charge on any atom is -0.480 e. The zero-order chi connectivity index (χ0) is 14.1. The van der Waals surface area contributed by atoms with Crippen LogP contribution in [0.2, 0.25) is 10.0 Å². The smallest absolute Gasteiger partial charge is 0.324 e. The minimum atomic E-state index is -1.38. The molecule has 0 unspecified atom stereocenters. The molecule has 1 atom stereocenters. The molecule has 0 saturated heterocycles. The molecule has 0 amide bonds. The van der Waals surface area contributed by atoms with Crippen LogP contribution >= 0.6 is 23.2 Å². The molecule has 0 aliphatic carbocycles. The molecule has 5 heteroatoms. The maximum atomic E-state index is 11.5. The van der Waals surface area contributed by atoms with E-state index in [-0.39, 0.29) is 6.42 Å². The van der Waals surface area contributed by atoms with E-state index in [0.29, 0.717) is 15.6 Å². The number of hydrogen-bond acceptors (Lipinski definition) is 2. The third-order valence-electron chi connectivity index (χ3n) is 3.20. The molecule has 0 aromatic heterocycles. The largest absolute Gasteiger partial charge is 0.480 e. The van der Waals surface area contributed by atoms with Gasteiger partial charge in [-0.3, -0.25) is 4.79 Å². The highest BCUT2D eigenvalue weighted by Gasteiger charge is 2.45. The van der Waals surface area contributed by atoms with Gasteiger partial charge >= 0.3 is 5.97 Å². The Morgan fingerprint density at radius 1 is 1.33 bits per heavy atom. The van der Waals surface area contributed by atoms with Crippen LogP contribution in [-0.4, -0.2) is 16.6 Å². The Morgan fingerprint density at radius 3 is 2.28 bits per heavy atom. The Bertz CT molecular complexity index is 469. The van der Waals surface area contributed by atoms with Crippen LogP contribution in [0.1, 0.15) is 26.3 Å². The van der Waals surface area contributed by atoms with E-state index in [2.05, 4.69) is 0 Å². The Kier molecular flexibility index (Phi) is 4.31. The Morgan fingerprint density at radius 2 is 1.89 bits per heavy atom. The summed E-state index contributed by atoms with van der Waals surface area (Å²) in [6, 6.07) is 4.97. The highest BCUT2D eigenvalue weighted by Crippen LogP contribution is 2.34. The molecule has 0 fully saturated rings. The zero-order valence-electron chi connectivity index (χ0n) is 10.6. The van der Waals surface area contributed by atoms with Crippen molar-refractivity contribution in [3.63, 3.8) is 0 Å². The van der Waals surface area contributed by atoms with Crippen molar-refractivity contribution in [1.29, 1.82) is 0 Å². The highest BCUT2D eigenvalue weighted by molar-refractivity contribution is 6.35. The lowest BCUT2D eigenvalue weighted by Crippen LogP contribution is -2.59. The third kappa shape index (κ3) is 2.97. The molecule has 3 N–H and O–H groups in total. The maximum absolute atomic E-state index is 11.5. The summed E-state index contributed by atoms with van der Waals surface area (Å²) in [5.41, 5.74) is 4.77. The van der Waals surface area contributed by atoms with E-state index in [1.165, 1.54) is 0 Å². The van der Waals surface area contributed by atoms with Gasteiger partial charge in [-0.2, -0.15) is 0 Å². The molecule has 0 bridgehead atoms. The molecule has 3 nitrogen and oxygen atoms in total. The van der Waals surface area contributed by atoms with Gasteiger partial charge in [0.15, 0.2) is 0 Å². The highest BCUT2D eigenvalue weighted by atomic mass is 35.5. The molecule has 100 valence electrons. The van der Waals surface area contributed by atoms with Crippen LogP contribution in [0.4, 0.5) is 0 Å². The minimum absolute atomic E-state index is 0.155. The van der Waals surface area contributed by atoms with Gasteiger partial charge in [0.1, 0.15) is 5.54 Å². The van der Waals surface area contributed by atoms with E-state index in [1.54, 1.807) is 39.0 Å². The monoisotopic (exact) mass is 289 g/mol. The van der Waals surface area contributed by atoms with Crippen molar-refractivity contribution < 1.29 is 9.90 Å². The topological polar surface area (TPSA) is 63.3 Å². The third-order valence-corrected chi connectivity index (χ3v) is 3.79. The number of carboxylic acid groups (broad SMARTS) is 1. The fourth-order valence-electron chi connectivity index (χ4n) is 1.63. The summed E-state index contributed by atoms with van der Waals surface area (Å²) in [7, 11) is 0.